The number of nitrogens with zero attached hydrogens (tertiary/aromatic N) is 1. The van der Waals surface area contributed by atoms with Gasteiger partial charge in [0.25, 0.3) is 0 Å². The first-order valence-electron chi connectivity index (χ1n) is 6.20. The van der Waals surface area contributed by atoms with Gasteiger partial charge in [0.1, 0.15) is 0 Å². The number of furan rings is 1. The molecule has 0 radical (unpaired) electrons. The Kier molecular flexibility index (Phi) is 3.11. The maximum atomic E-state index is 9.30. The van der Waals surface area contributed by atoms with E-state index in [9.17, 15) is 5.26 Å². The minimum absolute atomic E-state index is 0.0400. The van der Waals surface area contributed by atoms with Crippen LogP contribution in [0.2, 0.25) is 0 Å². The summed E-state index contributed by atoms with van der Waals surface area (Å²) in [6.45, 7) is 6.52. The standard InChI is InChI=1S/C15H19NO/c1-11-9-17-10-13(11)7-15(3)12(2)5-4-6-14(15)8-16/h6,9-10,12H,4-5,7H2,1-3H3/t12-,15+/m0/s1. The Hall–Kier alpha value is -1.49. The molecule has 2 atom stereocenters. The van der Waals surface area contributed by atoms with Crippen molar-refractivity contribution in [3.8, 4) is 6.07 Å². The fraction of sp³-hybridized carbons (Fsp3) is 0.533. The van der Waals surface area contributed by atoms with Crippen molar-refractivity contribution in [2.24, 2.45) is 11.3 Å². The fourth-order valence-electron chi connectivity index (χ4n) is 2.70. The van der Waals surface area contributed by atoms with Crippen LogP contribution >= 0.6 is 0 Å². The molecule has 0 amide bonds. The van der Waals surface area contributed by atoms with Crippen molar-refractivity contribution in [2.45, 2.75) is 40.0 Å². The van der Waals surface area contributed by atoms with E-state index in [0.717, 1.165) is 18.4 Å². The Morgan fingerprint density at radius 2 is 2.29 bits per heavy atom. The second-order valence-electron chi connectivity index (χ2n) is 5.38. The zero-order valence-electron chi connectivity index (χ0n) is 10.8. The van der Waals surface area contributed by atoms with Crippen molar-refractivity contribution in [3.63, 3.8) is 0 Å². The monoisotopic (exact) mass is 229 g/mol. The van der Waals surface area contributed by atoms with Crippen molar-refractivity contribution < 1.29 is 4.42 Å². The highest BCUT2D eigenvalue weighted by Gasteiger charge is 2.37. The normalized spacial score (nSPS) is 28.6. The molecule has 0 aliphatic heterocycles. The van der Waals surface area contributed by atoms with E-state index >= 15 is 0 Å². The van der Waals surface area contributed by atoms with E-state index in [1.54, 1.807) is 6.26 Å². The highest BCUT2D eigenvalue weighted by Crippen LogP contribution is 2.44. The third-order valence-electron chi connectivity index (χ3n) is 4.29. The van der Waals surface area contributed by atoms with Crippen molar-refractivity contribution >= 4 is 0 Å². The predicted molar refractivity (Wildman–Crippen MR) is 67.4 cm³/mol. The van der Waals surface area contributed by atoms with Crippen molar-refractivity contribution in [3.05, 3.63) is 35.3 Å². The second-order valence-corrected chi connectivity index (χ2v) is 5.38. The van der Waals surface area contributed by atoms with Crippen LogP contribution in [0.25, 0.3) is 0 Å². The molecule has 0 bridgehead atoms. The molecule has 0 unspecified atom stereocenters. The summed E-state index contributed by atoms with van der Waals surface area (Å²) >= 11 is 0. The van der Waals surface area contributed by atoms with Gasteiger partial charge in [-0.25, -0.2) is 0 Å². The molecule has 0 fully saturated rings. The third-order valence-corrected chi connectivity index (χ3v) is 4.29. The van der Waals surface area contributed by atoms with Gasteiger partial charge in [-0.15, -0.1) is 0 Å². The van der Waals surface area contributed by atoms with Crippen LogP contribution in [0.5, 0.6) is 0 Å². The van der Waals surface area contributed by atoms with Crippen LogP contribution in [-0.2, 0) is 6.42 Å². The molecule has 17 heavy (non-hydrogen) atoms. The van der Waals surface area contributed by atoms with Crippen LogP contribution in [0.15, 0.2) is 28.6 Å². The van der Waals surface area contributed by atoms with E-state index < -0.39 is 0 Å². The van der Waals surface area contributed by atoms with Gasteiger partial charge >= 0.3 is 0 Å². The van der Waals surface area contributed by atoms with Gasteiger partial charge < -0.3 is 4.42 Å². The Morgan fingerprint density at radius 1 is 1.53 bits per heavy atom. The summed E-state index contributed by atoms with van der Waals surface area (Å²) in [5.74, 6) is 0.538. The number of hydrogen-bond acceptors (Lipinski definition) is 2. The van der Waals surface area contributed by atoms with Gasteiger partial charge in [0, 0.05) is 11.0 Å². The smallest absolute Gasteiger partial charge is 0.0949 e. The molecule has 2 heteroatoms. The van der Waals surface area contributed by atoms with Gasteiger partial charge in [-0.3, -0.25) is 0 Å². The van der Waals surface area contributed by atoms with E-state index in [4.69, 9.17) is 4.42 Å². The van der Waals surface area contributed by atoms with E-state index in [1.165, 1.54) is 17.5 Å². The first kappa shape index (κ1) is 12.0. The maximum absolute atomic E-state index is 9.30. The molecule has 1 aliphatic rings. The second kappa shape index (κ2) is 4.41. The van der Waals surface area contributed by atoms with Crippen molar-refractivity contribution in [2.75, 3.05) is 0 Å². The van der Waals surface area contributed by atoms with Crippen LogP contribution in [0.1, 0.15) is 37.8 Å². The molecular weight excluding hydrogens is 210 g/mol. The zero-order valence-corrected chi connectivity index (χ0v) is 10.8. The lowest BCUT2D eigenvalue weighted by molar-refractivity contribution is 0.233. The van der Waals surface area contributed by atoms with Gasteiger partial charge in [0.2, 0.25) is 0 Å². The number of rotatable bonds is 2. The van der Waals surface area contributed by atoms with E-state index in [2.05, 4.69) is 32.9 Å². The van der Waals surface area contributed by atoms with Crippen molar-refractivity contribution in [1.82, 2.24) is 0 Å². The van der Waals surface area contributed by atoms with Crippen molar-refractivity contribution in [1.29, 1.82) is 5.26 Å². The van der Waals surface area contributed by atoms with Gasteiger partial charge in [-0.1, -0.05) is 19.9 Å². The van der Waals surface area contributed by atoms with E-state index in [-0.39, 0.29) is 5.41 Å². The predicted octanol–water partition coefficient (Wildman–Crippen LogP) is 4.02. The molecule has 2 nitrogen and oxygen atoms in total. The molecule has 90 valence electrons. The molecule has 0 N–H and O–H groups in total. The van der Waals surface area contributed by atoms with Crippen LogP contribution in [0.4, 0.5) is 0 Å². The number of nitriles is 1. The maximum Gasteiger partial charge on any atom is 0.0949 e. The molecule has 0 aromatic carbocycles. The summed E-state index contributed by atoms with van der Waals surface area (Å²) in [5, 5.41) is 9.30. The van der Waals surface area contributed by atoms with Crippen LogP contribution in [0, 0.1) is 29.6 Å². The molecule has 0 spiro atoms. The SMILES string of the molecule is Cc1cocc1C[C@@]1(C)C(C#N)=CCC[C@@H]1C. The van der Waals surface area contributed by atoms with Gasteiger partial charge in [0.05, 0.1) is 18.6 Å². The van der Waals surface area contributed by atoms with Gasteiger partial charge in [-0.2, -0.15) is 5.26 Å². The third kappa shape index (κ3) is 2.02. The lowest BCUT2D eigenvalue weighted by atomic mass is 9.64. The number of allylic oxidation sites excluding steroid dienone is 2. The summed E-state index contributed by atoms with van der Waals surface area (Å²) in [4.78, 5) is 0. The number of aryl methyl sites for hydroxylation is 1. The molecule has 1 heterocycles. The Morgan fingerprint density at radius 3 is 2.88 bits per heavy atom. The van der Waals surface area contributed by atoms with Crippen LogP contribution in [-0.4, -0.2) is 0 Å². The minimum atomic E-state index is -0.0400. The Balaban J connectivity index is 2.34. The average molecular weight is 229 g/mol. The summed E-state index contributed by atoms with van der Waals surface area (Å²) in [5.41, 5.74) is 3.31. The topological polar surface area (TPSA) is 36.9 Å². The van der Waals surface area contributed by atoms with E-state index in [0.29, 0.717) is 5.92 Å². The molecule has 0 saturated heterocycles. The lowest BCUT2D eigenvalue weighted by Gasteiger charge is -2.38. The van der Waals surface area contributed by atoms with E-state index in [1.807, 2.05) is 6.26 Å². The summed E-state index contributed by atoms with van der Waals surface area (Å²) in [7, 11) is 0. The quantitative estimate of drug-likeness (QED) is 0.768. The van der Waals surface area contributed by atoms with Gasteiger partial charge in [-0.05, 0) is 43.2 Å². The zero-order chi connectivity index (χ0) is 12.5. The molecule has 2 rings (SSSR count). The molecular formula is C15H19NO. The first-order valence-corrected chi connectivity index (χ1v) is 6.20. The highest BCUT2D eigenvalue weighted by molar-refractivity contribution is 5.34. The van der Waals surface area contributed by atoms with Crippen LogP contribution in [0.3, 0.4) is 0 Å². The largest absolute Gasteiger partial charge is 0.472 e. The molecule has 0 saturated carbocycles. The number of hydrogen-bond donors (Lipinski definition) is 0. The molecule has 1 aromatic rings. The van der Waals surface area contributed by atoms with Crippen LogP contribution < -0.4 is 0 Å². The fourth-order valence-corrected chi connectivity index (χ4v) is 2.70. The lowest BCUT2D eigenvalue weighted by Crippen LogP contribution is -2.32. The average Bonchev–Trinajstić information content (AvgIpc) is 2.68. The molecule has 1 aromatic heterocycles. The Labute approximate surface area is 103 Å². The summed E-state index contributed by atoms with van der Waals surface area (Å²) < 4.78 is 5.23. The first-order chi connectivity index (χ1) is 8.08. The minimum Gasteiger partial charge on any atom is -0.472 e. The Bertz CT molecular complexity index is 477. The van der Waals surface area contributed by atoms with Gasteiger partial charge in [0.15, 0.2) is 0 Å². The highest BCUT2D eigenvalue weighted by atomic mass is 16.3. The summed E-state index contributed by atoms with van der Waals surface area (Å²) in [6.07, 6.45) is 8.80. The molecule has 1 aliphatic carbocycles. The summed E-state index contributed by atoms with van der Waals surface area (Å²) in [6, 6.07) is 2.39.